The first-order valence-corrected chi connectivity index (χ1v) is 6.73. The molecule has 1 aliphatic rings. The lowest BCUT2D eigenvalue weighted by atomic mass is 10.0. The van der Waals surface area contributed by atoms with E-state index in [4.69, 9.17) is 5.73 Å². The van der Waals surface area contributed by atoms with Gasteiger partial charge < -0.3 is 5.73 Å². The van der Waals surface area contributed by atoms with Crippen molar-refractivity contribution >= 4 is 5.69 Å². The van der Waals surface area contributed by atoms with E-state index in [2.05, 4.69) is 47.6 Å². The lowest BCUT2D eigenvalue weighted by Gasteiger charge is -2.04. The van der Waals surface area contributed by atoms with E-state index in [0.29, 0.717) is 0 Å². The summed E-state index contributed by atoms with van der Waals surface area (Å²) in [5.41, 5.74) is 14.1. The van der Waals surface area contributed by atoms with Crippen LogP contribution < -0.4 is 5.73 Å². The summed E-state index contributed by atoms with van der Waals surface area (Å²) in [4.78, 5) is 0. The predicted octanol–water partition coefficient (Wildman–Crippen LogP) is 3.24. The lowest BCUT2D eigenvalue weighted by molar-refractivity contribution is 0.771. The number of nitrogen functional groups attached to an aromatic ring is 1. The van der Waals surface area contributed by atoms with Crippen LogP contribution in [0.25, 0.3) is 22.4 Å². The van der Waals surface area contributed by atoms with Gasteiger partial charge in [0.15, 0.2) is 0 Å². The lowest BCUT2D eigenvalue weighted by Crippen LogP contribution is -1.90. The highest BCUT2D eigenvalue weighted by molar-refractivity contribution is 5.81. The number of aromatic nitrogens is 2. The van der Waals surface area contributed by atoms with Crippen molar-refractivity contribution in [1.29, 1.82) is 0 Å². The van der Waals surface area contributed by atoms with Crippen molar-refractivity contribution < 1.29 is 0 Å². The van der Waals surface area contributed by atoms with E-state index in [1.54, 1.807) is 4.68 Å². The topological polar surface area (TPSA) is 43.8 Å². The highest BCUT2D eigenvalue weighted by Gasteiger charge is 2.19. The summed E-state index contributed by atoms with van der Waals surface area (Å²) in [5.74, 6) is 0. The standard InChI is InChI=1S/C17H15N3/c1-20-10-16(18)17(19-20)12-6-7-15-13(9-12)8-11-4-2-3-5-14(11)15/h2-7,9-10H,8,18H2,1H3. The highest BCUT2D eigenvalue weighted by Crippen LogP contribution is 2.38. The summed E-state index contributed by atoms with van der Waals surface area (Å²) in [6.45, 7) is 0. The van der Waals surface area contributed by atoms with Gasteiger partial charge in [-0.25, -0.2) is 0 Å². The van der Waals surface area contributed by atoms with E-state index in [0.717, 1.165) is 23.4 Å². The molecule has 3 nitrogen and oxygen atoms in total. The van der Waals surface area contributed by atoms with E-state index in [-0.39, 0.29) is 0 Å². The van der Waals surface area contributed by atoms with Gasteiger partial charge in [0.2, 0.25) is 0 Å². The number of hydrogen-bond acceptors (Lipinski definition) is 2. The van der Waals surface area contributed by atoms with Crippen molar-refractivity contribution in [2.45, 2.75) is 6.42 Å². The Balaban J connectivity index is 1.85. The molecule has 0 saturated carbocycles. The summed E-state index contributed by atoms with van der Waals surface area (Å²) < 4.78 is 1.76. The van der Waals surface area contributed by atoms with Crippen LogP contribution in [0.5, 0.6) is 0 Å². The minimum atomic E-state index is 0.725. The van der Waals surface area contributed by atoms with Crippen LogP contribution in [-0.4, -0.2) is 9.78 Å². The van der Waals surface area contributed by atoms with Gasteiger partial charge in [0.25, 0.3) is 0 Å². The number of hydrogen-bond donors (Lipinski definition) is 1. The molecule has 0 aliphatic heterocycles. The van der Waals surface area contributed by atoms with Gasteiger partial charge in [-0.1, -0.05) is 36.4 Å². The van der Waals surface area contributed by atoms with Crippen LogP contribution in [0.4, 0.5) is 5.69 Å². The molecule has 1 heterocycles. The Morgan fingerprint density at radius 2 is 1.85 bits per heavy atom. The molecule has 20 heavy (non-hydrogen) atoms. The summed E-state index contributed by atoms with van der Waals surface area (Å²) in [6, 6.07) is 15.1. The number of anilines is 1. The smallest absolute Gasteiger partial charge is 0.115 e. The van der Waals surface area contributed by atoms with Crippen molar-refractivity contribution in [3.8, 4) is 22.4 Å². The number of nitrogens with zero attached hydrogens (tertiary/aromatic N) is 2. The quantitative estimate of drug-likeness (QED) is 0.571. The number of nitrogens with two attached hydrogens (primary N) is 1. The Morgan fingerprint density at radius 1 is 1.05 bits per heavy atom. The second kappa shape index (κ2) is 3.97. The Bertz CT molecular complexity index is 815. The van der Waals surface area contributed by atoms with E-state index < -0.39 is 0 Å². The minimum Gasteiger partial charge on any atom is -0.396 e. The van der Waals surface area contributed by atoms with Gasteiger partial charge >= 0.3 is 0 Å². The molecule has 1 aromatic heterocycles. The van der Waals surface area contributed by atoms with E-state index in [9.17, 15) is 0 Å². The van der Waals surface area contributed by atoms with Gasteiger partial charge in [0, 0.05) is 18.8 Å². The molecule has 0 fully saturated rings. The van der Waals surface area contributed by atoms with E-state index in [1.165, 1.54) is 22.3 Å². The molecule has 3 heteroatoms. The number of aryl methyl sites for hydroxylation is 1. The Morgan fingerprint density at radius 3 is 2.65 bits per heavy atom. The zero-order valence-electron chi connectivity index (χ0n) is 11.3. The molecule has 4 rings (SSSR count). The number of rotatable bonds is 1. The van der Waals surface area contributed by atoms with E-state index >= 15 is 0 Å². The third-order valence-corrected chi connectivity index (χ3v) is 3.92. The van der Waals surface area contributed by atoms with Gasteiger partial charge in [-0.3, -0.25) is 4.68 Å². The summed E-state index contributed by atoms with van der Waals surface area (Å²) in [7, 11) is 1.89. The fraction of sp³-hybridized carbons (Fsp3) is 0.118. The molecule has 98 valence electrons. The van der Waals surface area contributed by atoms with Crippen molar-refractivity contribution in [3.05, 3.63) is 59.8 Å². The van der Waals surface area contributed by atoms with Gasteiger partial charge in [0.05, 0.1) is 5.69 Å². The SMILES string of the molecule is Cn1cc(N)c(-c2ccc3c(c2)Cc2ccccc2-3)n1. The van der Waals surface area contributed by atoms with Gasteiger partial charge in [0.1, 0.15) is 5.69 Å². The molecular weight excluding hydrogens is 246 g/mol. The third kappa shape index (κ3) is 1.56. The number of fused-ring (bicyclic) bond motifs is 3. The van der Waals surface area contributed by atoms with Gasteiger partial charge in [-0.05, 0) is 34.7 Å². The Labute approximate surface area is 117 Å². The predicted molar refractivity (Wildman–Crippen MR) is 81.3 cm³/mol. The third-order valence-electron chi connectivity index (χ3n) is 3.92. The molecule has 0 bridgehead atoms. The van der Waals surface area contributed by atoms with Crippen LogP contribution in [0, 0.1) is 0 Å². The summed E-state index contributed by atoms with van der Waals surface area (Å²) in [5, 5.41) is 4.45. The molecule has 0 radical (unpaired) electrons. The molecule has 1 aliphatic carbocycles. The second-order valence-corrected chi connectivity index (χ2v) is 5.31. The van der Waals surface area contributed by atoms with Crippen molar-refractivity contribution in [2.24, 2.45) is 7.05 Å². The van der Waals surface area contributed by atoms with Gasteiger partial charge in [-0.2, -0.15) is 5.10 Å². The molecule has 2 aromatic carbocycles. The maximum absolute atomic E-state index is 6.02. The zero-order chi connectivity index (χ0) is 13.7. The molecule has 0 spiro atoms. The fourth-order valence-electron chi connectivity index (χ4n) is 3.02. The first-order chi connectivity index (χ1) is 9.72. The van der Waals surface area contributed by atoms with Crippen LogP contribution in [0.15, 0.2) is 48.7 Å². The molecule has 0 atom stereocenters. The van der Waals surface area contributed by atoms with Crippen molar-refractivity contribution in [2.75, 3.05) is 5.73 Å². The highest BCUT2D eigenvalue weighted by atomic mass is 15.3. The Kier molecular flexibility index (Phi) is 2.24. The molecule has 3 aromatic rings. The average molecular weight is 261 g/mol. The van der Waals surface area contributed by atoms with Gasteiger partial charge in [-0.15, -0.1) is 0 Å². The monoisotopic (exact) mass is 261 g/mol. The van der Waals surface area contributed by atoms with Crippen LogP contribution in [0.3, 0.4) is 0 Å². The summed E-state index contributed by atoms with van der Waals surface area (Å²) >= 11 is 0. The number of benzene rings is 2. The summed E-state index contributed by atoms with van der Waals surface area (Å²) in [6.07, 6.45) is 2.84. The molecule has 2 N–H and O–H groups in total. The second-order valence-electron chi connectivity index (χ2n) is 5.31. The molecular formula is C17H15N3. The first-order valence-electron chi connectivity index (χ1n) is 6.73. The Hall–Kier alpha value is -2.55. The van der Waals surface area contributed by atoms with Crippen molar-refractivity contribution in [1.82, 2.24) is 9.78 Å². The van der Waals surface area contributed by atoms with Crippen molar-refractivity contribution in [3.63, 3.8) is 0 Å². The maximum atomic E-state index is 6.02. The van der Waals surface area contributed by atoms with Crippen LogP contribution >= 0.6 is 0 Å². The van der Waals surface area contributed by atoms with Crippen LogP contribution in [0.1, 0.15) is 11.1 Å². The molecule has 0 saturated heterocycles. The fourth-order valence-corrected chi connectivity index (χ4v) is 3.02. The maximum Gasteiger partial charge on any atom is 0.115 e. The van der Waals surface area contributed by atoms with E-state index in [1.807, 2.05) is 13.2 Å². The zero-order valence-corrected chi connectivity index (χ0v) is 11.3. The minimum absolute atomic E-state index is 0.725. The largest absolute Gasteiger partial charge is 0.396 e. The molecule has 0 amide bonds. The van der Waals surface area contributed by atoms with Crippen LogP contribution in [0.2, 0.25) is 0 Å². The normalized spacial score (nSPS) is 12.2. The molecule has 0 unspecified atom stereocenters. The average Bonchev–Trinajstić information content (AvgIpc) is 2.97. The first kappa shape index (κ1) is 11.3. The van der Waals surface area contributed by atoms with Crippen LogP contribution in [-0.2, 0) is 13.5 Å².